The Morgan fingerprint density at radius 3 is 2.07 bits per heavy atom. The van der Waals surface area contributed by atoms with Crippen molar-refractivity contribution in [2.75, 3.05) is 6.61 Å². The predicted molar refractivity (Wildman–Crippen MR) is 109 cm³/mol. The zero-order valence-corrected chi connectivity index (χ0v) is 17.8. The molecule has 0 spiro atoms. The maximum atomic E-state index is 12.6. The second-order valence-corrected chi connectivity index (χ2v) is 9.66. The van der Waals surface area contributed by atoms with Gasteiger partial charge in [0.1, 0.15) is 6.10 Å². The third-order valence-corrected chi connectivity index (χ3v) is 6.71. The first-order valence-electron chi connectivity index (χ1n) is 11.1. The Labute approximate surface area is 165 Å². The molecule has 0 aromatic carbocycles. The van der Waals surface area contributed by atoms with E-state index in [2.05, 4.69) is 33.8 Å². The number of esters is 1. The summed E-state index contributed by atoms with van der Waals surface area (Å²) in [5, 5.41) is 0. The third kappa shape index (κ3) is 5.70. The van der Waals surface area contributed by atoms with E-state index < -0.39 is 0 Å². The molecule has 3 nitrogen and oxygen atoms in total. The molecule has 3 aliphatic carbocycles. The van der Waals surface area contributed by atoms with Crippen molar-refractivity contribution in [1.82, 2.24) is 0 Å². The number of hydrogen-bond acceptors (Lipinski definition) is 3. The largest absolute Gasteiger partial charge is 0.459 e. The van der Waals surface area contributed by atoms with E-state index in [4.69, 9.17) is 9.47 Å². The molecule has 3 rings (SSSR count). The number of carbonyl (C=O) groups excluding carboxylic acids is 1. The average molecular weight is 375 g/mol. The summed E-state index contributed by atoms with van der Waals surface area (Å²) in [6, 6.07) is 0. The monoisotopic (exact) mass is 374 g/mol. The summed E-state index contributed by atoms with van der Waals surface area (Å²) in [4.78, 5) is 12.6. The van der Waals surface area contributed by atoms with Crippen molar-refractivity contribution < 1.29 is 14.3 Å². The summed E-state index contributed by atoms with van der Waals surface area (Å²) >= 11 is 0. The van der Waals surface area contributed by atoms with Gasteiger partial charge in [0.05, 0.1) is 6.10 Å². The summed E-state index contributed by atoms with van der Waals surface area (Å²) < 4.78 is 11.7. The minimum Gasteiger partial charge on any atom is -0.459 e. The Morgan fingerprint density at radius 2 is 1.56 bits per heavy atom. The van der Waals surface area contributed by atoms with E-state index in [-0.39, 0.29) is 17.5 Å². The first-order valence-corrected chi connectivity index (χ1v) is 11.1. The van der Waals surface area contributed by atoms with E-state index in [1.807, 2.05) is 6.08 Å². The summed E-state index contributed by atoms with van der Waals surface area (Å²) in [5.41, 5.74) is 2.06. The molecule has 0 N–H and O–H groups in total. The lowest BCUT2D eigenvalue weighted by atomic mass is 9.72. The molecule has 0 saturated heterocycles. The molecule has 0 atom stereocenters. The van der Waals surface area contributed by atoms with Crippen LogP contribution in [0.25, 0.3) is 0 Å². The normalized spacial score (nSPS) is 33.8. The first-order chi connectivity index (χ1) is 12.9. The third-order valence-electron chi connectivity index (χ3n) is 6.71. The molecule has 2 fully saturated rings. The van der Waals surface area contributed by atoms with Crippen molar-refractivity contribution in [3.63, 3.8) is 0 Å². The topological polar surface area (TPSA) is 35.5 Å². The molecule has 0 aliphatic heterocycles. The van der Waals surface area contributed by atoms with Gasteiger partial charge in [-0.05, 0) is 95.0 Å². The van der Waals surface area contributed by atoms with Gasteiger partial charge in [0.15, 0.2) is 0 Å². The molecule has 0 aromatic heterocycles. The zero-order valence-electron chi connectivity index (χ0n) is 17.8. The van der Waals surface area contributed by atoms with Gasteiger partial charge in [-0.15, -0.1) is 0 Å². The summed E-state index contributed by atoms with van der Waals surface area (Å²) in [6.45, 7) is 9.37. The number of ether oxygens (including phenoxy) is 2. The molecule has 0 radical (unpaired) electrons. The van der Waals surface area contributed by atoms with Crippen molar-refractivity contribution in [1.29, 1.82) is 0 Å². The highest BCUT2D eigenvalue weighted by molar-refractivity contribution is 5.89. The lowest BCUT2D eigenvalue weighted by molar-refractivity contribution is -0.146. The smallest absolute Gasteiger partial charge is 0.334 e. The Bertz CT molecular complexity index is 570. The van der Waals surface area contributed by atoms with Gasteiger partial charge < -0.3 is 9.47 Å². The fourth-order valence-electron chi connectivity index (χ4n) is 5.52. The van der Waals surface area contributed by atoms with Gasteiger partial charge in [-0.3, -0.25) is 0 Å². The van der Waals surface area contributed by atoms with Crippen LogP contribution in [0, 0.1) is 17.3 Å². The average Bonchev–Trinajstić information content (AvgIpc) is 2.62. The van der Waals surface area contributed by atoms with Crippen LogP contribution in [-0.4, -0.2) is 24.8 Å². The molecule has 2 saturated carbocycles. The van der Waals surface area contributed by atoms with Gasteiger partial charge in [-0.1, -0.05) is 25.5 Å². The minimum absolute atomic E-state index is 0.0468. The number of rotatable bonds is 5. The fraction of sp³-hybridized carbons (Fsp3) is 0.792. The van der Waals surface area contributed by atoms with Crippen molar-refractivity contribution in [3.05, 3.63) is 23.3 Å². The Hall–Kier alpha value is -1.09. The van der Waals surface area contributed by atoms with Gasteiger partial charge in [0, 0.05) is 12.2 Å². The van der Waals surface area contributed by atoms with Crippen LogP contribution in [0.5, 0.6) is 0 Å². The highest BCUT2D eigenvalue weighted by atomic mass is 16.5. The second-order valence-electron chi connectivity index (χ2n) is 9.66. The first kappa shape index (κ1) is 20.6. The molecular weight excluding hydrogens is 336 g/mol. The van der Waals surface area contributed by atoms with E-state index in [1.165, 1.54) is 44.1 Å². The van der Waals surface area contributed by atoms with Crippen molar-refractivity contribution in [2.45, 2.75) is 97.7 Å². The zero-order chi connectivity index (χ0) is 19.4. The van der Waals surface area contributed by atoms with Crippen LogP contribution in [-0.2, 0) is 14.3 Å². The van der Waals surface area contributed by atoms with Crippen molar-refractivity contribution in [2.24, 2.45) is 17.3 Å². The lowest BCUT2D eigenvalue weighted by Gasteiger charge is -2.37. The Kier molecular flexibility index (Phi) is 6.83. The molecule has 0 aromatic rings. The van der Waals surface area contributed by atoms with Gasteiger partial charge in [0.2, 0.25) is 0 Å². The maximum Gasteiger partial charge on any atom is 0.334 e. The van der Waals surface area contributed by atoms with Crippen LogP contribution < -0.4 is 0 Å². The molecule has 0 unspecified atom stereocenters. The van der Waals surface area contributed by atoms with Gasteiger partial charge in [-0.25, -0.2) is 4.79 Å². The molecule has 0 bridgehead atoms. The van der Waals surface area contributed by atoms with Crippen LogP contribution in [0.2, 0.25) is 0 Å². The van der Waals surface area contributed by atoms with E-state index in [9.17, 15) is 4.79 Å². The maximum absolute atomic E-state index is 12.6. The number of hydrogen-bond donors (Lipinski definition) is 0. The molecular formula is C24H38O3. The molecule has 0 heterocycles. The van der Waals surface area contributed by atoms with E-state index in [0.29, 0.717) is 6.10 Å². The minimum atomic E-state index is -0.0869. The van der Waals surface area contributed by atoms with Gasteiger partial charge >= 0.3 is 5.97 Å². The second kappa shape index (κ2) is 8.94. The van der Waals surface area contributed by atoms with Crippen molar-refractivity contribution >= 4 is 5.97 Å². The standard InChI is InChI=1S/C24H38O3/c1-5-26-21-10-6-18(7-11-21)19-8-12-22(13-9-19)27-23(25)20-14-17(2)15-24(3,4)16-20/h14-15,18-19,21-22H,5-13,16H2,1-4H3. The SMILES string of the molecule is CCOC1CCC(C2CCC(OC(=O)C3=CC(C)=CC(C)(C)C3)CC2)CC1. The Balaban J connectivity index is 1.43. The fourth-order valence-corrected chi connectivity index (χ4v) is 5.52. The molecule has 3 heteroatoms. The molecule has 152 valence electrons. The van der Waals surface area contributed by atoms with Crippen molar-refractivity contribution in [3.8, 4) is 0 Å². The van der Waals surface area contributed by atoms with E-state index in [0.717, 1.165) is 43.3 Å². The lowest BCUT2D eigenvalue weighted by Crippen LogP contribution is -2.31. The van der Waals surface area contributed by atoms with Crippen LogP contribution in [0.15, 0.2) is 23.3 Å². The molecule has 0 amide bonds. The van der Waals surface area contributed by atoms with Gasteiger partial charge in [-0.2, -0.15) is 0 Å². The quantitative estimate of drug-likeness (QED) is 0.555. The number of carbonyl (C=O) groups is 1. The highest BCUT2D eigenvalue weighted by Crippen LogP contribution is 2.40. The summed E-state index contributed by atoms with van der Waals surface area (Å²) in [6.07, 6.45) is 15.2. The molecule has 27 heavy (non-hydrogen) atoms. The highest BCUT2D eigenvalue weighted by Gasteiger charge is 2.33. The molecule has 3 aliphatic rings. The number of allylic oxidation sites excluding steroid dienone is 3. The Morgan fingerprint density at radius 1 is 1.00 bits per heavy atom. The van der Waals surface area contributed by atoms with E-state index in [1.54, 1.807) is 0 Å². The van der Waals surface area contributed by atoms with Crippen LogP contribution in [0.4, 0.5) is 0 Å². The van der Waals surface area contributed by atoms with E-state index >= 15 is 0 Å². The van der Waals surface area contributed by atoms with Gasteiger partial charge in [0.25, 0.3) is 0 Å². The predicted octanol–water partition coefficient (Wildman–Crippen LogP) is 5.99. The van der Waals surface area contributed by atoms with Crippen LogP contribution >= 0.6 is 0 Å². The summed E-state index contributed by atoms with van der Waals surface area (Å²) in [5.74, 6) is 1.59. The van der Waals surface area contributed by atoms with Crippen LogP contribution in [0.1, 0.15) is 85.5 Å². The summed E-state index contributed by atoms with van der Waals surface area (Å²) in [7, 11) is 0. The van der Waals surface area contributed by atoms with Crippen LogP contribution in [0.3, 0.4) is 0 Å².